The van der Waals surface area contributed by atoms with Gasteiger partial charge in [-0.1, -0.05) is 6.92 Å². The highest BCUT2D eigenvalue weighted by atomic mass is 79.9. The smallest absolute Gasteiger partial charge is 0.308 e. The van der Waals surface area contributed by atoms with Crippen molar-refractivity contribution in [2.24, 2.45) is 5.92 Å². The minimum Gasteiger partial charge on any atom is -0.308 e. The van der Waals surface area contributed by atoms with Crippen molar-refractivity contribution >= 4 is 17.0 Å². The molecule has 2 heterocycles. The third-order valence-corrected chi connectivity index (χ3v) is 3.64. The molecular weight excluding hydrogens is 373 g/mol. The zero-order valence-corrected chi connectivity index (χ0v) is 13.5. The minimum atomic E-state index is -4.50. The van der Waals surface area contributed by atoms with Gasteiger partial charge in [0.1, 0.15) is 0 Å². The molecule has 0 bridgehead atoms. The molecule has 1 aromatic rings. The average Bonchev–Trinajstić information content (AvgIpc) is 2.36. The number of nitrogens with one attached hydrogen (secondary N) is 1. The first-order valence-electron chi connectivity index (χ1n) is 6.67. The van der Waals surface area contributed by atoms with E-state index in [-0.39, 0.29) is 41.9 Å². The second kappa shape index (κ2) is 7.16. The number of halogens is 6. The van der Waals surface area contributed by atoms with E-state index in [2.05, 4.69) is 15.3 Å². The van der Waals surface area contributed by atoms with Gasteiger partial charge >= 0.3 is 6.18 Å². The van der Waals surface area contributed by atoms with Crippen LogP contribution in [0.25, 0.3) is 0 Å². The molecule has 1 aromatic heterocycles. The van der Waals surface area contributed by atoms with Crippen LogP contribution >= 0.6 is 17.0 Å². The van der Waals surface area contributed by atoms with Gasteiger partial charge in [0.05, 0.1) is 18.4 Å². The lowest BCUT2D eigenvalue weighted by Crippen LogP contribution is -2.50. The lowest BCUT2D eigenvalue weighted by Gasteiger charge is -2.35. The lowest BCUT2D eigenvalue weighted by atomic mass is 9.87. The summed E-state index contributed by atoms with van der Waals surface area (Å²) in [5.41, 5.74) is -0.607. The molecule has 22 heavy (non-hydrogen) atoms. The number of rotatable bonds is 3. The van der Waals surface area contributed by atoms with Crippen molar-refractivity contribution in [3.05, 3.63) is 23.8 Å². The molecule has 0 aliphatic carbocycles. The van der Waals surface area contributed by atoms with E-state index in [4.69, 9.17) is 0 Å². The fourth-order valence-corrected chi connectivity index (χ4v) is 2.49. The summed E-state index contributed by atoms with van der Waals surface area (Å²) in [7, 11) is 0. The number of hydrogen-bond acceptors (Lipinski definition) is 3. The Kier molecular flexibility index (Phi) is 6.26. The zero-order chi connectivity index (χ0) is 15.7. The van der Waals surface area contributed by atoms with E-state index in [0.29, 0.717) is 24.7 Å². The first kappa shape index (κ1) is 19.2. The summed E-state index contributed by atoms with van der Waals surface area (Å²) in [6.07, 6.45) is -1.96. The average molecular weight is 390 g/mol. The van der Waals surface area contributed by atoms with Gasteiger partial charge in [0.25, 0.3) is 5.92 Å². The van der Waals surface area contributed by atoms with Gasteiger partial charge in [-0.25, -0.2) is 13.8 Å². The highest BCUT2D eigenvalue weighted by molar-refractivity contribution is 8.93. The van der Waals surface area contributed by atoms with Crippen molar-refractivity contribution in [1.29, 1.82) is 0 Å². The summed E-state index contributed by atoms with van der Waals surface area (Å²) in [4.78, 5) is 7.05. The lowest BCUT2D eigenvalue weighted by molar-refractivity contribution is -0.141. The summed E-state index contributed by atoms with van der Waals surface area (Å²) in [5, 5.41) is 2.79. The van der Waals surface area contributed by atoms with E-state index in [0.717, 1.165) is 6.20 Å². The summed E-state index contributed by atoms with van der Waals surface area (Å²) in [6.45, 7) is 1.38. The Bertz CT molecular complexity index is 478. The van der Waals surface area contributed by atoms with Gasteiger partial charge in [0.15, 0.2) is 5.69 Å². The maximum absolute atomic E-state index is 13.2. The Morgan fingerprint density at radius 1 is 1.27 bits per heavy atom. The Labute approximate surface area is 135 Å². The first-order valence-corrected chi connectivity index (χ1v) is 6.67. The molecule has 126 valence electrons. The molecule has 0 amide bonds. The Balaban J connectivity index is 0.00000242. The molecule has 3 nitrogen and oxygen atoms in total. The van der Waals surface area contributed by atoms with Gasteiger partial charge in [-0.15, -0.1) is 17.0 Å². The molecule has 0 unspecified atom stereocenters. The Morgan fingerprint density at radius 2 is 1.95 bits per heavy atom. The van der Waals surface area contributed by atoms with Gasteiger partial charge in [-0.2, -0.15) is 13.2 Å². The summed E-state index contributed by atoms with van der Waals surface area (Å²) in [5.74, 6) is -2.89. The molecule has 2 atom stereocenters. The minimum absolute atomic E-state index is 0. The SMILES string of the molecule is Br.C[C@@H]1CC(F)(F)CN[C@@H]1CCc1cnc(C(F)(F)F)cn1. The van der Waals surface area contributed by atoms with E-state index in [1.807, 2.05) is 0 Å². The van der Waals surface area contributed by atoms with Gasteiger partial charge in [-0.05, 0) is 18.8 Å². The van der Waals surface area contributed by atoms with Crippen LogP contribution in [0.5, 0.6) is 0 Å². The second-order valence-corrected chi connectivity index (χ2v) is 5.45. The molecule has 2 rings (SSSR count). The van der Waals surface area contributed by atoms with Crippen LogP contribution in [0, 0.1) is 5.92 Å². The third-order valence-electron chi connectivity index (χ3n) is 3.64. The Hall–Kier alpha value is -0.830. The summed E-state index contributed by atoms with van der Waals surface area (Å²) in [6, 6.07) is -0.0892. The number of aryl methyl sites for hydroxylation is 1. The maximum Gasteiger partial charge on any atom is 0.434 e. The molecule has 9 heteroatoms. The molecule has 0 spiro atoms. The fraction of sp³-hybridized carbons (Fsp3) is 0.692. The van der Waals surface area contributed by atoms with Gasteiger partial charge in [0.2, 0.25) is 0 Å². The van der Waals surface area contributed by atoms with Crippen LogP contribution in [-0.4, -0.2) is 28.5 Å². The summed E-state index contributed by atoms with van der Waals surface area (Å²) >= 11 is 0. The van der Waals surface area contributed by atoms with Crippen LogP contribution < -0.4 is 5.32 Å². The van der Waals surface area contributed by atoms with E-state index < -0.39 is 17.8 Å². The Morgan fingerprint density at radius 3 is 2.45 bits per heavy atom. The van der Waals surface area contributed by atoms with E-state index in [1.165, 1.54) is 0 Å². The van der Waals surface area contributed by atoms with Crippen molar-refractivity contribution in [2.75, 3.05) is 6.54 Å². The zero-order valence-electron chi connectivity index (χ0n) is 11.8. The van der Waals surface area contributed by atoms with Crippen LogP contribution in [0.15, 0.2) is 12.4 Å². The molecule has 1 saturated heterocycles. The van der Waals surface area contributed by atoms with Crippen LogP contribution in [0.1, 0.15) is 31.2 Å². The largest absolute Gasteiger partial charge is 0.434 e. The van der Waals surface area contributed by atoms with Crippen molar-refractivity contribution in [1.82, 2.24) is 15.3 Å². The van der Waals surface area contributed by atoms with E-state index >= 15 is 0 Å². The highest BCUT2D eigenvalue weighted by Gasteiger charge is 2.39. The summed E-state index contributed by atoms with van der Waals surface area (Å²) < 4.78 is 63.3. The third kappa shape index (κ3) is 5.12. The molecule has 0 saturated carbocycles. The van der Waals surface area contributed by atoms with Crippen LogP contribution in [-0.2, 0) is 12.6 Å². The van der Waals surface area contributed by atoms with Crippen molar-refractivity contribution in [3.63, 3.8) is 0 Å². The number of alkyl halides is 5. The van der Waals surface area contributed by atoms with Crippen LogP contribution in [0.3, 0.4) is 0 Å². The topological polar surface area (TPSA) is 37.8 Å². The van der Waals surface area contributed by atoms with Crippen LogP contribution in [0.2, 0.25) is 0 Å². The second-order valence-electron chi connectivity index (χ2n) is 5.45. The van der Waals surface area contributed by atoms with Gasteiger partial charge in [0, 0.05) is 18.7 Å². The maximum atomic E-state index is 13.2. The predicted octanol–water partition coefficient (Wildman–Crippen LogP) is 3.64. The fourth-order valence-electron chi connectivity index (χ4n) is 2.49. The van der Waals surface area contributed by atoms with Gasteiger partial charge in [-0.3, -0.25) is 4.98 Å². The van der Waals surface area contributed by atoms with Crippen LogP contribution in [0.4, 0.5) is 22.0 Å². The first-order chi connectivity index (χ1) is 9.67. The van der Waals surface area contributed by atoms with E-state index in [9.17, 15) is 22.0 Å². The van der Waals surface area contributed by atoms with Gasteiger partial charge < -0.3 is 5.32 Å². The number of piperidine rings is 1. The molecule has 1 N–H and O–H groups in total. The number of hydrogen-bond donors (Lipinski definition) is 1. The molecular formula is C13H17BrF5N3. The number of nitrogens with zero attached hydrogens (tertiary/aromatic N) is 2. The normalized spacial score (nSPS) is 24.6. The highest BCUT2D eigenvalue weighted by Crippen LogP contribution is 2.30. The molecule has 0 radical (unpaired) electrons. The standard InChI is InChI=1S/C13H16F5N3.BrH/c1-8-4-12(14,15)7-21-10(8)3-2-9-5-20-11(6-19-9)13(16,17)18;/h5-6,8,10,21H,2-4,7H2,1H3;1H/t8-,10-;/m1./s1. The monoisotopic (exact) mass is 389 g/mol. The molecule has 1 aliphatic heterocycles. The molecule has 0 aromatic carbocycles. The number of aromatic nitrogens is 2. The van der Waals surface area contributed by atoms with Crippen molar-refractivity contribution in [2.45, 2.75) is 44.3 Å². The molecule has 1 fully saturated rings. The molecule has 1 aliphatic rings. The predicted molar refractivity (Wildman–Crippen MR) is 76.2 cm³/mol. The van der Waals surface area contributed by atoms with E-state index in [1.54, 1.807) is 6.92 Å². The quantitative estimate of drug-likeness (QED) is 0.802. The van der Waals surface area contributed by atoms with Crippen molar-refractivity contribution in [3.8, 4) is 0 Å². The van der Waals surface area contributed by atoms with Crippen molar-refractivity contribution < 1.29 is 22.0 Å².